The largest absolute Gasteiger partial charge is 0.502 e. The summed E-state index contributed by atoms with van der Waals surface area (Å²) in [6.07, 6.45) is 3.15. The van der Waals surface area contributed by atoms with E-state index in [1.54, 1.807) is 21.3 Å². The maximum atomic E-state index is 11.5. The average molecular weight is 595 g/mol. The molecule has 4 aromatic carbocycles. The molecule has 4 heterocycles. The van der Waals surface area contributed by atoms with Crippen LogP contribution in [0.4, 0.5) is 0 Å². The Labute approximate surface area is 258 Å². The molecule has 8 nitrogen and oxygen atoms in total. The first kappa shape index (κ1) is 28.4. The van der Waals surface area contributed by atoms with Gasteiger partial charge in [0.25, 0.3) is 0 Å². The first-order valence-corrected chi connectivity index (χ1v) is 15.1. The van der Waals surface area contributed by atoms with Crippen molar-refractivity contribution in [3.8, 4) is 46.0 Å². The summed E-state index contributed by atoms with van der Waals surface area (Å²) >= 11 is 0. The van der Waals surface area contributed by atoms with E-state index >= 15 is 0 Å². The first-order valence-electron chi connectivity index (χ1n) is 15.1. The molecule has 4 aromatic rings. The number of fused-ring (bicyclic) bond motifs is 2. The minimum absolute atomic E-state index is 0.0268. The molecule has 0 amide bonds. The zero-order valence-corrected chi connectivity index (χ0v) is 25.6. The normalized spacial score (nSPS) is 19.1. The fourth-order valence-electron chi connectivity index (χ4n) is 6.85. The molecule has 8 rings (SSSR count). The summed E-state index contributed by atoms with van der Waals surface area (Å²) in [5.41, 5.74) is 6.69. The summed E-state index contributed by atoms with van der Waals surface area (Å²) in [5, 5.41) is 15.2. The summed E-state index contributed by atoms with van der Waals surface area (Å²) in [6.45, 7) is 1.73. The third-order valence-electron chi connectivity index (χ3n) is 9.21. The van der Waals surface area contributed by atoms with Gasteiger partial charge in [-0.15, -0.1) is 0 Å². The number of nitrogens with one attached hydrogen (secondary N) is 1. The van der Waals surface area contributed by atoms with Gasteiger partial charge in [-0.1, -0.05) is 18.2 Å². The van der Waals surface area contributed by atoms with Gasteiger partial charge < -0.3 is 34.1 Å². The van der Waals surface area contributed by atoms with Crippen LogP contribution in [0.15, 0.2) is 60.7 Å². The van der Waals surface area contributed by atoms with E-state index in [9.17, 15) is 5.11 Å². The fourth-order valence-corrected chi connectivity index (χ4v) is 6.85. The predicted molar refractivity (Wildman–Crippen MR) is 168 cm³/mol. The molecule has 2 atom stereocenters. The molecule has 0 fully saturated rings. The minimum Gasteiger partial charge on any atom is -0.502 e. The molecule has 0 spiro atoms. The van der Waals surface area contributed by atoms with E-state index in [0.717, 1.165) is 54.8 Å². The molecule has 0 aromatic heterocycles. The number of phenolic OH excluding ortho intramolecular Hbond substituents is 1. The van der Waals surface area contributed by atoms with Crippen LogP contribution in [0.1, 0.15) is 45.5 Å². The maximum Gasteiger partial charge on any atom is 0.201 e. The van der Waals surface area contributed by atoms with Crippen molar-refractivity contribution in [1.29, 1.82) is 0 Å². The molecule has 4 aliphatic rings. The van der Waals surface area contributed by atoms with Crippen molar-refractivity contribution in [3.63, 3.8) is 0 Å². The number of rotatable bonds is 3. The predicted octanol–water partition coefficient (Wildman–Crippen LogP) is 6.52. The smallest absolute Gasteiger partial charge is 0.201 e. The van der Waals surface area contributed by atoms with Crippen LogP contribution < -0.4 is 29.0 Å². The maximum absolute atomic E-state index is 11.5. The highest BCUT2D eigenvalue weighted by Crippen LogP contribution is 2.50. The van der Waals surface area contributed by atoms with Gasteiger partial charge >= 0.3 is 0 Å². The van der Waals surface area contributed by atoms with Gasteiger partial charge in [0.05, 0.1) is 21.3 Å². The Bertz CT molecular complexity index is 1700. The standard InChI is InChI=1S/C36H38N2O6/c1-38-14-12-23-18-30(41-3)32-20-26(23)28(38)16-21-5-8-25(9-6-21)43-31-17-22(7-10-29(31)40-2)15-27-34-24(11-13-37-27)19-33(42-4)35(39)36(34)44-32/h5-10,17-20,27-28,37,39H,11-16H2,1-4H3/t27-,28-/m0/s1. The SMILES string of the molecule is COc1ccc2cc1Oc1ccc(cc1)C[C@H]1c3cc(c(OC)cc3CCN1C)Oc1c(O)c(OC)cc3c1[C@H](C2)NCC3. The van der Waals surface area contributed by atoms with Crippen LogP contribution in [0, 0.1) is 0 Å². The Morgan fingerprint density at radius 1 is 0.773 bits per heavy atom. The Hall–Kier alpha value is -4.40. The molecule has 0 saturated heterocycles. The highest BCUT2D eigenvalue weighted by atomic mass is 16.5. The number of methoxy groups -OCH3 is 3. The number of ether oxygens (including phenoxy) is 5. The summed E-state index contributed by atoms with van der Waals surface area (Å²) in [4.78, 5) is 2.39. The third kappa shape index (κ3) is 5.08. The lowest BCUT2D eigenvalue weighted by atomic mass is 9.88. The highest BCUT2D eigenvalue weighted by molar-refractivity contribution is 5.63. The second-order valence-corrected chi connectivity index (χ2v) is 11.8. The lowest BCUT2D eigenvalue weighted by Gasteiger charge is -2.35. The first-order chi connectivity index (χ1) is 21.4. The third-order valence-corrected chi connectivity index (χ3v) is 9.21. The molecule has 8 heteroatoms. The summed E-state index contributed by atoms with van der Waals surface area (Å²) in [5.74, 6) is 4.02. The van der Waals surface area contributed by atoms with Crippen LogP contribution in [-0.4, -0.2) is 51.5 Å². The lowest BCUT2D eigenvalue weighted by Crippen LogP contribution is -2.33. The Morgan fingerprint density at radius 3 is 2.27 bits per heavy atom. The van der Waals surface area contributed by atoms with Crippen molar-refractivity contribution < 1.29 is 28.8 Å². The summed E-state index contributed by atoms with van der Waals surface area (Å²) in [6, 6.07) is 20.5. The number of benzene rings is 4. The molecular formula is C36H38N2O6. The van der Waals surface area contributed by atoms with Crippen LogP contribution in [0.5, 0.6) is 46.0 Å². The second-order valence-electron chi connectivity index (χ2n) is 11.8. The second kappa shape index (κ2) is 11.6. The molecule has 44 heavy (non-hydrogen) atoms. The zero-order chi connectivity index (χ0) is 30.4. The van der Waals surface area contributed by atoms with E-state index < -0.39 is 0 Å². The minimum atomic E-state index is -0.132. The number of aromatic hydroxyl groups is 1. The summed E-state index contributed by atoms with van der Waals surface area (Å²) in [7, 11) is 7.05. The quantitative estimate of drug-likeness (QED) is 0.278. The fraction of sp³-hybridized carbons (Fsp3) is 0.333. The Balaban J connectivity index is 1.44. The van der Waals surface area contributed by atoms with Crippen molar-refractivity contribution in [2.24, 2.45) is 0 Å². The van der Waals surface area contributed by atoms with Gasteiger partial charge in [0.1, 0.15) is 5.75 Å². The average Bonchev–Trinajstić information content (AvgIpc) is 3.04. The Morgan fingerprint density at radius 2 is 1.50 bits per heavy atom. The van der Waals surface area contributed by atoms with Gasteiger partial charge in [-0.05, 0) is 110 Å². The molecule has 2 N–H and O–H groups in total. The monoisotopic (exact) mass is 594 g/mol. The van der Waals surface area contributed by atoms with Crippen molar-refractivity contribution in [2.75, 3.05) is 41.5 Å². The summed E-state index contributed by atoms with van der Waals surface area (Å²) < 4.78 is 30.3. The molecular weight excluding hydrogens is 556 g/mol. The van der Waals surface area contributed by atoms with Crippen LogP contribution in [0.2, 0.25) is 0 Å². The molecule has 0 aliphatic carbocycles. The molecule has 0 radical (unpaired) electrons. The van der Waals surface area contributed by atoms with Crippen LogP contribution in [0.3, 0.4) is 0 Å². The van der Waals surface area contributed by atoms with E-state index in [2.05, 4.69) is 47.6 Å². The topological polar surface area (TPSA) is 81.7 Å². The van der Waals surface area contributed by atoms with Gasteiger partial charge in [0, 0.05) is 24.2 Å². The van der Waals surface area contributed by atoms with E-state index in [1.807, 2.05) is 30.3 Å². The van der Waals surface area contributed by atoms with Crippen molar-refractivity contribution in [1.82, 2.24) is 10.2 Å². The van der Waals surface area contributed by atoms with Gasteiger partial charge in [-0.2, -0.15) is 0 Å². The van der Waals surface area contributed by atoms with Gasteiger partial charge in [-0.25, -0.2) is 0 Å². The molecule has 0 saturated carbocycles. The highest BCUT2D eigenvalue weighted by Gasteiger charge is 2.32. The number of phenols is 1. The van der Waals surface area contributed by atoms with Crippen LogP contribution in [0.25, 0.3) is 0 Å². The van der Waals surface area contributed by atoms with E-state index in [1.165, 1.54) is 16.7 Å². The molecule has 0 unspecified atom stereocenters. The van der Waals surface area contributed by atoms with E-state index in [4.69, 9.17) is 23.7 Å². The van der Waals surface area contributed by atoms with Crippen LogP contribution >= 0.6 is 0 Å². The van der Waals surface area contributed by atoms with Crippen molar-refractivity contribution >= 4 is 0 Å². The van der Waals surface area contributed by atoms with Gasteiger partial charge in [-0.3, -0.25) is 4.90 Å². The molecule has 4 aliphatic heterocycles. The van der Waals surface area contributed by atoms with Crippen molar-refractivity contribution in [3.05, 3.63) is 94.0 Å². The van der Waals surface area contributed by atoms with Gasteiger partial charge in [0.15, 0.2) is 34.5 Å². The van der Waals surface area contributed by atoms with E-state index in [0.29, 0.717) is 40.9 Å². The Kier molecular flexibility index (Phi) is 7.48. The molecule has 228 valence electrons. The zero-order valence-electron chi connectivity index (χ0n) is 25.6. The van der Waals surface area contributed by atoms with Crippen LogP contribution in [-0.2, 0) is 25.7 Å². The molecule has 6 bridgehead atoms. The number of nitrogens with zero attached hydrogens (tertiary/aromatic N) is 1. The number of likely N-dealkylation sites (N-methyl/N-ethyl adjacent to an activating group) is 1. The van der Waals surface area contributed by atoms with E-state index in [-0.39, 0.29) is 17.8 Å². The van der Waals surface area contributed by atoms with Crippen molar-refractivity contribution in [2.45, 2.75) is 37.8 Å². The number of hydrogen-bond donors (Lipinski definition) is 2. The lowest BCUT2D eigenvalue weighted by molar-refractivity contribution is 0.228. The van der Waals surface area contributed by atoms with Gasteiger partial charge in [0.2, 0.25) is 5.75 Å². The number of hydrogen-bond acceptors (Lipinski definition) is 8.